The summed E-state index contributed by atoms with van der Waals surface area (Å²) in [4.78, 5) is 30.7. The summed E-state index contributed by atoms with van der Waals surface area (Å²) in [7, 11) is 1.62. The molecule has 6 heteroatoms. The van der Waals surface area contributed by atoms with Crippen LogP contribution in [0.5, 0.6) is 0 Å². The van der Waals surface area contributed by atoms with E-state index in [2.05, 4.69) is 4.98 Å². The first kappa shape index (κ1) is 11.6. The van der Waals surface area contributed by atoms with Crippen molar-refractivity contribution in [1.82, 2.24) is 19.4 Å². The van der Waals surface area contributed by atoms with E-state index < -0.39 is 0 Å². The summed E-state index contributed by atoms with van der Waals surface area (Å²) in [5, 5.41) is 0. The van der Waals surface area contributed by atoms with Crippen molar-refractivity contribution in [2.45, 2.75) is 12.8 Å². The first-order valence-corrected chi connectivity index (χ1v) is 5.69. The molecule has 0 radical (unpaired) electrons. The highest BCUT2D eigenvalue weighted by Gasteiger charge is 2.21. The smallest absolute Gasteiger partial charge is 0.329 e. The van der Waals surface area contributed by atoms with E-state index in [-0.39, 0.29) is 18.5 Å². The predicted octanol–water partition coefficient (Wildman–Crippen LogP) is 0.405. The van der Waals surface area contributed by atoms with Gasteiger partial charge in [0.15, 0.2) is 0 Å². The summed E-state index contributed by atoms with van der Waals surface area (Å²) >= 11 is 0. The fourth-order valence-corrected chi connectivity index (χ4v) is 1.91. The quantitative estimate of drug-likeness (QED) is 0.747. The van der Waals surface area contributed by atoms with E-state index in [1.807, 2.05) is 0 Å². The molecule has 6 nitrogen and oxygen atoms in total. The van der Waals surface area contributed by atoms with Gasteiger partial charge >= 0.3 is 6.03 Å². The first-order valence-electron chi connectivity index (χ1n) is 5.69. The normalized spacial score (nSPS) is 15.0. The van der Waals surface area contributed by atoms with Crippen molar-refractivity contribution in [3.63, 3.8) is 0 Å². The number of likely N-dealkylation sites (N-methyl/N-ethyl adjacent to an activating group) is 1. The predicted molar refractivity (Wildman–Crippen MR) is 61.5 cm³/mol. The van der Waals surface area contributed by atoms with Gasteiger partial charge in [-0.15, -0.1) is 0 Å². The highest BCUT2D eigenvalue weighted by molar-refractivity contribution is 5.84. The first-order chi connectivity index (χ1) is 8.18. The Morgan fingerprint density at radius 3 is 2.65 bits per heavy atom. The molecule has 0 aromatic carbocycles. The molecule has 0 atom stereocenters. The van der Waals surface area contributed by atoms with E-state index in [1.165, 1.54) is 22.0 Å². The molecule has 0 N–H and O–H groups in total. The number of aromatic nitrogens is 2. The van der Waals surface area contributed by atoms with E-state index in [1.54, 1.807) is 18.1 Å². The molecule has 0 saturated carbocycles. The number of nitrogens with zero attached hydrogens (tertiary/aromatic N) is 4. The minimum absolute atomic E-state index is 0.0125. The van der Waals surface area contributed by atoms with Crippen LogP contribution < -0.4 is 0 Å². The Morgan fingerprint density at radius 2 is 2.06 bits per heavy atom. The molecule has 1 aromatic heterocycles. The molecule has 2 rings (SSSR count). The van der Waals surface area contributed by atoms with Gasteiger partial charge < -0.3 is 9.80 Å². The lowest BCUT2D eigenvalue weighted by Gasteiger charge is -2.21. The number of imidazole rings is 1. The average molecular weight is 236 g/mol. The fraction of sp³-hybridized carbons (Fsp3) is 0.545. The van der Waals surface area contributed by atoms with Crippen LogP contribution in [0, 0.1) is 0 Å². The number of hydrogen-bond acceptors (Lipinski definition) is 3. The standard InChI is InChI=1S/C11H16N4O2/c1-13(11(17)15-7-4-12-9-15)8-10(16)14-5-2-3-6-14/h4,7,9H,2-3,5-6,8H2,1H3. The number of carbonyl (C=O) groups excluding carboxylic acids is 2. The molecule has 2 heterocycles. The van der Waals surface area contributed by atoms with Crippen molar-refractivity contribution in [2.75, 3.05) is 26.7 Å². The van der Waals surface area contributed by atoms with Gasteiger partial charge in [0, 0.05) is 32.5 Å². The molecule has 1 saturated heterocycles. The molecule has 0 spiro atoms. The topological polar surface area (TPSA) is 58.4 Å². The van der Waals surface area contributed by atoms with Crippen LogP contribution in [-0.2, 0) is 4.79 Å². The molecule has 0 aliphatic carbocycles. The van der Waals surface area contributed by atoms with E-state index in [9.17, 15) is 9.59 Å². The summed E-state index contributed by atoms with van der Waals surface area (Å²) in [6.07, 6.45) is 6.65. The second-order valence-electron chi connectivity index (χ2n) is 4.20. The summed E-state index contributed by atoms with van der Waals surface area (Å²) < 4.78 is 1.36. The Bertz CT molecular complexity index is 396. The number of hydrogen-bond donors (Lipinski definition) is 0. The van der Waals surface area contributed by atoms with Crippen LogP contribution in [0.2, 0.25) is 0 Å². The van der Waals surface area contributed by atoms with Gasteiger partial charge in [0.2, 0.25) is 5.91 Å². The zero-order valence-electron chi connectivity index (χ0n) is 9.87. The summed E-state index contributed by atoms with van der Waals surface area (Å²) in [5.74, 6) is 0.0125. The van der Waals surface area contributed by atoms with Gasteiger partial charge in [-0.05, 0) is 12.8 Å². The zero-order valence-corrected chi connectivity index (χ0v) is 9.87. The third-order valence-corrected chi connectivity index (χ3v) is 2.88. The van der Waals surface area contributed by atoms with Crippen molar-refractivity contribution >= 4 is 11.9 Å². The molecule has 1 aromatic rings. The Labute approximate surface area is 99.8 Å². The van der Waals surface area contributed by atoms with Crippen molar-refractivity contribution in [3.05, 3.63) is 18.7 Å². The van der Waals surface area contributed by atoms with Crippen LogP contribution >= 0.6 is 0 Å². The van der Waals surface area contributed by atoms with Gasteiger partial charge in [-0.3, -0.25) is 9.36 Å². The third-order valence-electron chi connectivity index (χ3n) is 2.88. The van der Waals surface area contributed by atoms with Gasteiger partial charge in [0.05, 0.1) is 0 Å². The molecule has 0 unspecified atom stereocenters. The molecular weight excluding hydrogens is 220 g/mol. The third kappa shape index (κ3) is 2.64. The minimum atomic E-state index is -0.241. The lowest BCUT2D eigenvalue weighted by Crippen LogP contribution is -2.41. The average Bonchev–Trinajstić information content (AvgIpc) is 3.00. The highest BCUT2D eigenvalue weighted by Crippen LogP contribution is 2.08. The van der Waals surface area contributed by atoms with Crippen molar-refractivity contribution in [1.29, 1.82) is 0 Å². The van der Waals surface area contributed by atoms with E-state index in [0.717, 1.165) is 25.9 Å². The van der Waals surface area contributed by atoms with Crippen LogP contribution in [0.4, 0.5) is 4.79 Å². The molecule has 0 bridgehead atoms. The van der Waals surface area contributed by atoms with Gasteiger partial charge in [-0.1, -0.05) is 0 Å². The summed E-state index contributed by atoms with van der Waals surface area (Å²) in [6.45, 7) is 1.74. The van der Waals surface area contributed by atoms with Crippen molar-refractivity contribution < 1.29 is 9.59 Å². The van der Waals surface area contributed by atoms with Crippen molar-refractivity contribution in [3.8, 4) is 0 Å². The van der Waals surface area contributed by atoms with Gasteiger partial charge in [0.1, 0.15) is 12.9 Å². The molecular formula is C11H16N4O2. The molecule has 92 valence electrons. The van der Waals surface area contributed by atoms with Crippen LogP contribution in [0.3, 0.4) is 0 Å². The molecule has 1 aliphatic rings. The molecule has 1 fully saturated rings. The lowest BCUT2D eigenvalue weighted by atomic mass is 10.4. The summed E-state index contributed by atoms with van der Waals surface area (Å²) in [6, 6.07) is -0.241. The van der Waals surface area contributed by atoms with Gasteiger partial charge in [-0.25, -0.2) is 9.78 Å². The van der Waals surface area contributed by atoms with Gasteiger partial charge in [0.25, 0.3) is 0 Å². The van der Waals surface area contributed by atoms with Crippen LogP contribution in [0.25, 0.3) is 0 Å². The lowest BCUT2D eigenvalue weighted by molar-refractivity contribution is -0.130. The van der Waals surface area contributed by atoms with Crippen LogP contribution in [-0.4, -0.2) is 58.0 Å². The maximum atomic E-state index is 11.8. The molecule has 1 aliphatic heterocycles. The monoisotopic (exact) mass is 236 g/mol. The maximum Gasteiger partial charge on any atom is 0.329 e. The second-order valence-corrected chi connectivity index (χ2v) is 4.20. The largest absolute Gasteiger partial charge is 0.341 e. The molecule has 17 heavy (non-hydrogen) atoms. The number of likely N-dealkylation sites (tertiary alicyclic amines) is 1. The van der Waals surface area contributed by atoms with E-state index in [0.29, 0.717) is 0 Å². The Hall–Kier alpha value is -1.85. The maximum absolute atomic E-state index is 11.8. The van der Waals surface area contributed by atoms with E-state index >= 15 is 0 Å². The highest BCUT2D eigenvalue weighted by atomic mass is 16.2. The number of amides is 2. The number of rotatable bonds is 2. The summed E-state index contributed by atoms with van der Waals surface area (Å²) in [5.41, 5.74) is 0. The Balaban J connectivity index is 1.90. The zero-order chi connectivity index (χ0) is 12.3. The van der Waals surface area contributed by atoms with E-state index in [4.69, 9.17) is 0 Å². The Morgan fingerprint density at radius 1 is 1.35 bits per heavy atom. The SMILES string of the molecule is CN(CC(=O)N1CCCC1)C(=O)n1ccnc1. The molecule has 2 amide bonds. The number of carbonyl (C=O) groups is 2. The van der Waals surface area contributed by atoms with Crippen LogP contribution in [0.15, 0.2) is 18.7 Å². The minimum Gasteiger partial charge on any atom is -0.341 e. The second kappa shape index (κ2) is 4.99. The fourth-order valence-electron chi connectivity index (χ4n) is 1.91. The van der Waals surface area contributed by atoms with Crippen LogP contribution in [0.1, 0.15) is 12.8 Å². The van der Waals surface area contributed by atoms with Crippen molar-refractivity contribution in [2.24, 2.45) is 0 Å². The van der Waals surface area contributed by atoms with Gasteiger partial charge in [-0.2, -0.15) is 0 Å². The Kier molecular flexibility index (Phi) is 3.41.